The third-order valence-electron chi connectivity index (χ3n) is 5.21. The van der Waals surface area contributed by atoms with Crippen molar-refractivity contribution in [3.05, 3.63) is 90.1 Å². The predicted molar refractivity (Wildman–Crippen MR) is 131 cm³/mol. The van der Waals surface area contributed by atoms with E-state index < -0.39 is 15.8 Å². The molecule has 11 nitrogen and oxygen atoms in total. The van der Waals surface area contributed by atoms with Crippen LogP contribution in [0.5, 0.6) is 0 Å². The lowest BCUT2D eigenvalue weighted by Gasteiger charge is -2.32. The fourth-order valence-electron chi connectivity index (χ4n) is 3.42. The van der Waals surface area contributed by atoms with Gasteiger partial charge >= 0.3 is 16.0 Å². The van der Waals surface area contributed by atoms with Gasteiger partial charge in [-0.25, -0.2) is 4.79 Å². The lowest BCUT2D eigenvalue weighted by Crippen LogP contribution is -2.44. The monoisotopic (exact) mass is 518 g/mol. The first-order valence-electron chi connectivity index (χ1n) is 10.5. The van der Waals surface area contributed by atoms with Crippen LogP contribution in [0.25, 0.3) is 0 Å². The largest absolute Gasteiger partial charge is 0.478 e. The lowest BCUT2D eigenvalue weighted by molar-refractivity contribution is -0.380. The van der Waals surface area contributed by atoms with Crippen LogP contribution in [-0.2, 0) is 6.54 Å². The van der Waals surface area contributed by atoms with E-state index in [-0.39, 0.29) is 27.5 Å². The highest BCUT2D eigenvalue weighted by Gasteiger charge is 2.22. The van der Waals surface area contributed by atoms with Crippen molar-refractivity contribution in [3.8, 4) is 0 Å². The van der Waals surface area contributed by atoms with E-state index in [1.54, 1.807) is 0 Å². The number of carboxylic acid groups (broad SMARTS) is 1. The van der Waals surface area contributed by atoms with E-state index in [1.807, 2.05) is 18.2 Å². The summed E-state index contributed by atoms with van der Waals surface area (Å²) in [5.41, 5.74) is 1.63. The van der Waals surface area contributed by atoms with Gasteiger partial charge in [0.05, 0.1) is 21.0 Å². The van der Waals surface area contributed by atoms with Crippen molar-refractivity contribution in [2.75, 3.05) is 13.1 Å². The number of carbonyl (C=O) groups is 2. The van der Waals surface area contributed by atoms with Gasteiger partial charge in [0.15, 0.2) is 0 Å². The molecule has 1 aromatic carbocycles. The van der Waals surface area contributed by atoms with Gasteiger partial charge in [0.1, 0.15) is 0 Å². The maximum absolute atomic E-state index is 12.2. The summed E-state index contributed by atoms with van der Waals surface area (Å²) in [4.78, 5) is 44.5. The van der Waals surface area contributed by atoms with Gasteiger partial charge in [-0.2, -0.15) is 0 Å². The number of nitrogens with one attached hydrogen (secondary N) is 1. The second-order valence-electron chi connectivity index (χ2n) is 7.68. The fraction of sp³-hybridized carbons (Fsp3) is 0.273. The predicted octanol–water partition coefficient (Wildman–Crippen LogP) is 4.41. The zero-order chi connectivity index (χ0) is 25.4. The van der Waals surface area contributed by atoms with Crippen molar-refractivity contribution >= 4 is 44.6 Å². The number of nitrogens with zero attached hydrogens (tertiary/aromatic N) is 3. The number of amides is 1. The minimum Gasteiger partial charge on any atom is -0.478 e. The summed E-state index contributed by atoms with van der Waals surface area (Å²) in [7, 11) is 0. The second kappa shape index (κ2) is 12.1. The topological polar surface area (TPSA) is 156 Å². The molecule has 35 heavy (non-hydrogen) atoms. The molecule has 0 spiro atoms. The van der Waals surface area contributed by atoms with Gasteiger partial charge in [0.2, 0.25) is 0 Å². The number of carboxylic acids is 1. The maximum Gasteiger partial charge on any atom is 0.336 e. The van der Waals surface area contributed by atoms with E-state index in [4.69, 9.17) is 5.11 Å². The first-order valence-corrected chi connectivity index (χ1v) is 12.2. The Bertz CT molecular complexity index is 1160. The van der Waals surface area contributed by atoms with Crippen LogP contribution in [0.3, 0.4) is 0 Å². The molecule has 1 amide bonds. The van der Waals surface area contributed by atoms with Gasteiger partial charge in [0, 0.05) is 48.6 Å². The van der Waals surface area contributed by atoms with Gasteiger partial charge in [-0.1, -0.05) is 53.0 Å². The molecular weight excluding hydrogens is 496 g/mol. The minimum atomic E-state index is -1.14. The van der Waals surface area contributed by atoms with Gasteiger partial charge in [-0.15, -0.1) is 0 Å². The number of piperidine rings is 1. The van der Waals surface area contributed by atoms with Crippen LogP contribution < -0.4 is 5.32 Å². The van der Waals surface area contributed by atoms with Crippen molar-refractivity contribution < 1.29 is 24.5 Å². The molecule has 1 fully saturated rings. The van der Waals surface area contributed by atoms with E-state index in [9.17, 15) is 29.8 Å². The second-order valence-corrected chi connectivity index (χ2v) is 9.46. The van der Waals surface area contributed by atoms with E-state index in [1.165, 1.54) is 22.4 Å². The third-order valence-corrected chi connectivity index (χ3v) is 6.97. The standard InChI is InChI=1S/C17H19N3O3S.C5H3NO4S/c21-17(14-10-16(20(22)23)24-12-14)18-15-6-8-19(9-7-15)11-13-4-2-1-3-5-13;7-5(8)3-1-4(6(9)10)11-2-3/h1-5,10,12,15H,6-9,11H2,(H,18,21);1-2H,(H,7,8). The van der Waals surface area contributed by atoms with Crippen LogP contribution in [-0.4, -0.2) is 50.9 Å². The highest BCUT2D eigenvalue weighted by atomic mass is 32.1. The number of carbonyl (C=O) groups excluding carboxylic acids is 1. The molecule has 0 bridgehead atoms. The smallest absolute Gasteiger partial charge is 0.336 e. The number of likely N-dealkylation sites (tertiary alicyclic amines) is 1. The van der Waals surface area contributed by atoms with Crippen molar-refractivity contribution in [3.63, 3.8) is 0 Å². The Morgan fingerprint density at radius 1 is 0.971 bits per heavy atom. The molecule has 2 aromatic heterocycles. The van der Waals surface area contributed by atoms with Crippen molar-refractivity contribution in [1.82, 2.24) is 10.2 Å². The molecule has 1 aliphatic rings. The summed E-state index contributed by atoms with van der Waals surface area (Å²) in [5.74, 6) is -1.37. The number of thiophene rings is 2. The van der Waals surface area contributed by atoms with E-state index >= 15 is 0 Å². The number of benzene rings is 1. The summed E-state index contributed by atoms with van der Waals surface area (Å²) in [6.45, 7) is 2.80. The number of aromatic carboxylic acids is 1. The van der Waals surface area contributed by atoms with E-state index in [0.29, 0.717) is 5.56 Å². The maximum atomic E-state index is 12.2. The van der Waals surface area contributed by atoms with Gasteiger partial charge in [-0.3, -0.25) is 29.9 Å². The van der Waals surface area contributed by atoms with E-state index in [2.05, 4.69) is 22.3 Å². The quantitative estimate of drug-likeness (QED) is 0.344. The van der Waals surface area contributed by atoms with Crippen LogP contribution in [0.4, 0.5) is 10.0 Å². The van der Waals surface area contributed by atoms with Crippen LogP contribution in [0.2, 0.25) is 0 Å². The Kier molecular flexibility index (Phi) is 9.00. The van der Waals surface area contributed by atoms with Crippen LogP contribution in [0.1, 0.15) is 39.1 Å². The lowest BCUT2D eigenvalue weighted by atomic mass is 10.0. The average Bonchev–Trinajstić information content (AvgIpc) is 3.52. The molecule has 184 valence electrons. The number of hydrogen-bond donors (Lipinski definition) is 2. The van der Waals surface area contributed by atoms with Crippen molar-refractivity contribution in [2.24, 2.45) is 0 Å². The molecular formula is C22H22N4O7S2. The number of hydrogen-bond acceptors (Lipinski definition) is 9. The molecule has 0 saturated carbocycles. The fourth-order valence-corrected chi connectivity index (χ4v) is 4.82. The van der Waals surface area contributed by atoms with Crippen molar-refractivity contribution in [2.45, 2.75) is 25.4 Å². The third kappa shape index (κ3) is 7.67. The molecule has 0 radical (unpaired) electrons. The highest BCUT2D eigenvalue weighted by molar-refractivity contribution is 7.13. The van der Waals surface area contributed by atoms with Gasteiger partial charge in [0.25, 0.3) is 5.91 Å². The van der Waals surface area contributed by atoms with Gasteiger partial charge in [-0.05, 0) is 18.4 Å². The van der Waals surface area contributed by atoms with Crippen LogP contribution in [0, 0.1) is 20.2 Å². The average molecular weight is 519 g/mol. The first-order chi connectivity index (χ1) is 16.7. The minimum absolute atomic E-state index is 0.00201. The summed E-state index contributed by atoms with van der Waals surface area (Å²) in [5, 5.41) is 34.7. The molecule has 0 aliphatic carbocycles. The Labute approximate surface area is 207 Å². The van der Waals surface area contributed by atoms with Crippen molar-refractivity contribution in [1.29, 1.82) is 0 Å². The zero-order valence-corrected chi connectivity index (χ0v) is 20.0. The Balaban J connectivity index is 0.000000261. The summed E-state index contributed by atoms with van der Waals surface area (Å²) >= 11 is 1.79. The molecule has 0 atom stereocenters. The Hall–Kier alpha value is -3.68. The molecule has 1 aliphatic heterocycles. The molecule has 2 N–H and O–H groups in total. The van der Waals surface area contributed by atoms with Crippen LogP contribution >= 0.6 is 22.7 Å². The number of nitro groups is 2. The number of rotatable bonds is 7. The summed E-state index contributed by atoms with van der Waals surface area (Å²) in [6, 6.07) is 12.8. The molecule has 3 heterocycles. The molecule has 4 rings (SSSR count). The van der Waals surface area contributed by atoms with E-state index in [0.717, 1.165) is 61.2 Å². The first kappa shape index (κ1) is 25.9. The molecule has 3 aromatic rings. The van der Waals surface area contributed by atoms with Gasteiger partial charge < -0.3 is 10.4 Å². The highest BCUT2D eigenvalue weighted by Crippen LogP contribution is 2.23. The Morgan fingerprint density at radius 2 is 1.51 bits per heavy atom. The Morgan fingerprint density at radius 3 is 2.00 bits per heavy atom. The van der Waals surface area contributed by atoms with Crippen LogP contribution in [0.15, 0.2) is 53.2 Å². The summed E-state index contributed by atoms with van der Waals surface area (Å²) < 4.78 is 0. The SMILES string of the molecule is O=C(NC1CCN(Cc2ccccc2)CC1)c1csc([N+](=O)[O-])c1.O=C(O)c1csc([N+](=O)[O-])c1. The molecule has 0 unspecified atom stereocenters. The summed E-state index contributed by atoms with van der Waals surface area (Å²) in [6.07, 6.45) is 1.79. The zero-order valence-electron chi connectivity index (χ0n) is 18.4. The normalized spacial score (nSPS) is 13.9. The molecule has 1 saturated heterocycles. The molecule has 13 heteroatoms.